The van der Waals surface area contributed by atoms with Gasteiger partial charge in [-0.1, -0.05) is 31.4 Å². The van der Waals surface area contributed by atoms with Gasteiger partial charge in [0, 0.05) is 23.5 Å². The van der Waals surface area contributed by atoms with Gasteiger partial charge in [-0.05, 0) is 55.3 Å². The van der Waals surface area contributed by atoms with Gasteiger partial charge < -0.3 is 14.6 Å². The number of nitrogens with one attached hydrogen (secondary N) is 1. The van der Waals surface area contributed by atoms with Gasteiger partial charge in [-0.25, -0.2) is 4.39 Å². The number of hydrogen-bond acceptors (Lipinski definition) is 5. The molecule has 1 heterocycles. The van der Waals surface area contributed by atoms with Gasteiger partial charge in [0.15, 0.2) is 12.4 Å². The fourth-order valence-electron chi connectivity index (χ4n) is 4.25. The normalized spacial score (nSPS) is 13.6. The van der Waals surface area contributed by atoms with Crippen molar-refractivity contribution in [2.45, 2.75) is 38.1 Å². The van der Waals surface area contributed by atoms with Crippen LogP contribution >= 0.6 is 0 Å². The summed E-state index contributed by atoms with van der Waals surface area (Å²) in [5.41, 5.74) is 0.355. The molecule has 1 N–H and O–H groups in total. The second-order valence-electron chi connectivity index (χ2n) is 8.43. The Kier molecular flexibility index (Phi) is 7.36. The molecule has 0 bridgehead atoms. The number of anilines is 1. The minimum absolute atomic E-state index is 0.0437. The number of ketones is 1. The Morgan fingerprint density at radius 1 is 1.09 bits per heavy atom. The molecule has 1 aliphatic rings. The van der Waals surface area contributed by atoms with Gasteiger partial charge in [0.25, 0.3) is 11.5 Å². The molecule has 1 fully saturated rings. The minimum Gasteiger partial charge on any atom is -0.483 e. The monoisotopic (exact) mass is 473 g/mol. The van der Waals surface area contributed by atoms with Gasteiger partial charge in [0.2, 0.25) is 0 Å². The zero-order valence-corrected chi connectivity index (χ0v) is 19.0. The molecule has 2 aromatic carbocycles. The molecule has 1 saturated carbocycles. The number of amides is 1. The Labute approximate surface area is 201 Å². The molecule has 0 aliphatic heterocycles. The number of hydrogen-bond donors (Lipinski definition) is 1. The molecule has 0 radical (unpaired) electrons. The van der Waals surface area contributed by atoms with Gasteiger partial charge in [0.1, 0.15) is 23.2 Å². The predicted molar refractivity (Wildman–Crippen MR) is 128 cm³/mol. The lowest BCUT2D eigenvalue weighted by Crippen LogP contribution is -2.29. The molecule has 1 aliphatic carbocycles. The third-order valence-electron chi connectivity index (χ3n) is 6.01. The Bertz CT molecular complexity index is 1340. The van der Waals surface area contributed by atoms with E-state index < -0.39 is 23.1 Å². The maximum atomic E-state index is 13.4. The number of carbonyl (C=O) groups excluding carboxylic acids is 2. The fourth-order valence-corrected chi connectivity index (χ4v) is 4.25. The Hall–Kier alpha value is -4.25. The van der Waals surface area contributed by atoms with E-state index in [1.807, 2.05) is 6.07 Å². The van der Waals surface area contributed by atoms with E-state index in [2.05, 4.69) is 5.32 Å². The Morgan fingerprint density at radius 2 is 1.80 bits per heavy atom. The van der Waals surface area contributed by atoms with Crippen LogP contribution in [0.1, 0.15) is 59.6 Å². The van der Waals surface area contributed by atoms with Gasteiger partial charge in [-0.2, -0.15) is 5.26 Å². The van der Waals surface area contributed by atoms with Crippen molar-refractivity contribution < 1.29 is 18.7 Å². The van der Waals surface area contributed by atoms with E-state index in [1.54, 1.807) is 24.3 Å². The molecule has 0 saturated heterocycles. The molecular weight excluding hydrogens is 449 g/mol. The Morgan fingerprint density at radius 3 is 2.51 bits per heavy atom. The Balaban J connectivity index is 1.55. The first-order valence-corrected chi connectivity index (χ1v) is 11.4. The minimum atomic E-state index is -0.475. The molecule has 7 nitrogen and oxygen atoms in total. The number of halogens is 1. The molecule has 0 atom stereocenters. The lowest BCUT2D eigenvalue weighted by atomic mass is 9.94. The van der Waals surface area contributed by atoms with Crippen LogP contribution in [0.5, 0.6) is 5.75 Å². The first-order chi connectivity index (χ1) is 17.0. The third kappa shape index (κ3) is 5.64. The summed E-state index contributed by atoms with van der Waals surface area (Å²) in [7, 11) is 0. The van der Waals surface area contributed by atoms with Crippen LogP contribution in [0.25, 0.3) is 0 Å². The van der Waals surface area contributed by atoms with E-state index in [1.165, 1.54) is 41.1 Å². The second-order valence-corrected chi connectivity index (χ2v) is 8.43. The molecule has 0 spiro atoms. The maximum Gasteiger partial charge on any atom is 0.268 e. The largest absolute Gasteiger partial charge is 0.483 e. The van der Waals surface area contributed by atoms with Crippen molar-refractivity contribution in [3.63, 3.8) is 0 Å². The number of benzene rings is 2. The summed E-state index contributed by atoms with van der Waals surface area (Å²) in [6, 6.07) is 15.0. The van der Waals surface area contributed by atoms with Crippen molar-refractivity contribution in [1.29, 1.82) is 5.26 Å². The van der Waals surface area contributed by atoms with E-state index in [9.17, 15) is 24.0 Å². The molecule has 3 aromatic rings. The summed E-state index contributed by atoms with van der Waals surface area (Å²) in [5.74, 6) is -1.11. The van der Waals surface area contributed by atoms with Crippen LogP contribution in [0.4, 0.5) is 10.1 Å². The van der Waals surface area contributed by atoms with Crippen LogP contribution in [-0.4, -0.2) is 22.9 Å². The molecule has 4 rings (SSSR count). The summed E-state index contributed by atoms with van der Waals surface area (Å²) in [6.07, 6.45) is 6.27. The van der Waals surface area contributed by atoms with E-state index in [0.717, 1.165) is 32.1 Å². The first-order valence-electron chi connectivity index (χ1n) is 11.4. The lowest BCUT2D eigenvalue weighted by molar-refractivity contribution is -0.118. The number of rotatable bonds is 7. The summed E-state index contributed by atoms with van der Waals surface area (Å²) < 4.78 is 20.2. The third-order valence-corrected chi connectivity index (χ3v) is 6.01. The zero-order chi connectivity index (χ0) is 24.8. The topological polar surface area (TPSA) is 101 Å². The van der Waals surface area contributed by atoms with Crippen molar-refractivity contribution in [2.75, 3.05) is 11.9 Å². The SMILES string of the molecule is N#Cc1cc(C(=O)c2ccccc2OCC(=O)Nc2ccc(F)cc2)cn(C2CCCCC2)c1=O. The summed E-state index contributed by atoms with van der Waals surface area (Å²) in [4.78, 5) is 38.4. The molecule has 0 unspecified atom stereocenters. The van der Waals surface area contributed by atoms with E-state index in [4.69, 9.17) is 4.74 Å². The number of para-hydroxylation sites is 1. The summed E-state index contributed by atoms with van der Waals surface area (Å²) >= 11 is 0. The van der Waals surface area contributed by atoms with Crippen molar-refractivity contribution in [3.8, 4) is 11.8 Å². The number of pyridine rings is 1. The highest BCUT2D eigenvalue weighted by atomic mass is 19.1. The molecule has 8 heteroatoms. The van der Waals surface area contributed by atoms with Gasteiger partial charge in [0.05, 0.1) is 5.56 Å². The van der Waals surface area contributed by atoms with Crippen LogP contribution in [0, 0.1) is 17.1 Å². The molecule has 35 heavy (non-hydrogen) atoms. The number of ether oxygens (including phenoxy) is 1. The standard InChI is InChI=1S/C27H24FN3O4/c28-20-10-12-21(13-11-20)30-25(32)17-35-24-9-5-4-8-23(24)26(33)19-14-18(15-29)27(34)31(16-19)22-6-2-1-3-7-22/h4-5,8-14,16,22H,1-3,6-7,17H2,(H,30,32). The van der Waals surface area contributed by atoms with Crippen molar-refractivity contribution in [2.24, 2.45) is 0 Å². The van der Waals surface area contributed by atoms with Gasteiger partial charge in [-0.15, -0.1) is 0 Å². The smallest absolute Gasteiger partial charge is 0.268 e. The molecule has 178 valence electrons. The van der Waals surface area contributed by atoms with Gasteiger partial charge >= 0.3 is 0 Å². The van der Waals surface area contributed by atoms with Crippen LogP contribution in [0.2, 0.25) is 0 Å². The number of nitriles is 1. The highest BCUT2D eigenvalue weighted by Crippen LogP contribution is 2.28. The second kappa shape index (κ2) is 10.8. The van der Waals surface area contributed by atoms with Crippen LogP contribution in [-0.2, 0) is 4.79 Å². The van der Waals surface area contributed by atoms with E-state index in [-0.39, 0.29) is 35.1 Å². The summed E-state index contributed by atoms with van der Waals surface area (Å²) in [6.45, 7) is -0.368. The predicted octanol–water partition coefficient (Wildman–Crippen LogP) is 4.61. The quantitative estimate of drug-likeness (QED) is 0.505. The molecule has 1 aromatic heterocycles. The van der Waals surface area contributed by atoms with E-state index in [0.29, 0.717) is 5.69 Å². The van der Waals surface area contributed by atoms with Crippen LogP contribution in [0.3, 0.4) is 0 Å². The van der Waals surface area contributed by atoms with Crippen molar-refractivity contribution >= 4 is 17.4 Å². The zero-order valence-electron chi connectivity index (χ0n) is 19.0. The number of nitrogens with zero attached hydrogens (tertiary/aromatic N) is 2. The molecular formula is C27H24FN3O4. The molecule has 1 amide bonds. The number of aromatic nitrogens is 1. The lowest BCUT2D eigenvalue weighted by Gasteiger charge is -2.24. The fraction of sp³-hybridized carbons (Fsp3) is 0.259. The highest BCUT2D eigenvalue weighted by molar-refractivity contribution is 6.10. The number of carbonyl (C=O) groups is 2. The van der Waals surface area contributed by atoms with Crippen molar-refractivity contribution in [1.82, 2.24) is 4.57 Å². The van der Waals surface area contributed by atoms with Crippen LogP contribution < -0.4 is 15.6 Å². The summed E-state index contributed by atoms with van der Waals surface area (Å²) in [5, 5.41) is 12.1. The van der Waals surface area contributed by atoms with Crippen LogP contribution in [0.15, 0.2) is 65.6 Å². The van der Waals surface area contributed by atoms with Gasteiger partial charge in [-0.3, -0.25) is 14.4 Å². The van der Waals surface area contributed by atoms with E-state index >= 15 is 0 Å². The average Bonchev–Trinajstić information content (AvgIpc) is 2.89. The van der Waals surface area contributed by atoms with Crippen molar-refractivity contribution in [3.05, 3.63) is 93.7 Å². The average molecular weight is 474 g/mol. The highest BCUT2D eigenvalue weighted by Gasteiger charge is 2.22. The maximum absolute atomic E-state index is 13.4. The first kappa shape index (κ1) is 23.9.